The molecule has 2 aromatic heterocycles. The molecule has 1 N–H and O–H groups in total. The molecule has 3 rings (SSSR count). The van der Waals surface area contributed by atoms with Crippen molar-refractivity contribution in [1.82, 2.24) is 9.97 Å². The lowest BCUT2D eigenvalue weighted by atomic mass is 10.0. The van der Waals surface area contributed by atoms with Gasteiger partial charge >= 0.3 is 0 Å². The first-order chi connectivity index (χ1) is 9.61. The van der Waals surface area contributed by atoms with Crippen molar-refractivity contribution >= 4 is 32.7 Å². The van der Waals surface area contributed by atoms with Gasteiger partial charge in [0.15, 0.2) is 10.8 Å². The second-order valence-electron chi connectivity index (χ2n) is 5.66. The maximum absolute atomic E-state index is 12.0. The van der Waals surface area contributed by atoms with Crippen LogP contribution in [0.3, 0.4) is 0 Å². The zero-order valence-electron chi connectivity index (χ0n) is 11.9. The second kappa shape index (κ2) is 5.48. The van der Waals surface area contributed by atoms with Gasteiger partial charge in [0.1, 0.15) is 0 Å². The molecule has 0 aromatic carbocycles. The standard InChI is InChI=1S/C15H19N3OS/c1-9-7-10(2)16-14-13(9)20-15(18-14)17-12(19)8-11-5-3-4-6-11/h7,11H,3-6,8H2,1-2H3,(H,16,17,18,19). The molecule has 0 saturated heterocycles. The van der Waals surface area contributed by atoms with Crippen LogP contribution in [0.25, 0.3) is 10.3 Å². The first-order valence-electron chi connectivity index (χ1n) is 7.16. The minimum Gasteiger partial charge on any atom is -0.302 e. The van der Waals surface area contributed by atoms with E-state index in [4.69, 9.17) is 0 Å². The van der Waals surface area contributed by atoms with Crippen LogP contribution in [-0.4, -0.2) is 15.9 Å². The van der Waals surface area contributed by atoms with Gasteiger partial charge in [-0.25, -0.2) is 4.98 Å². The van der Waals surface area contributed by atoms with Crippen LogP contribution in [0.1, 0.15) is 43.4 Å². The number of hydrogen-bond acceptors (Lipinski definition) is 4. The van der Waals surface area contributed by atoms with Crippen molar-refractivity contribution in [3.8, 4) is 0 Å². The molecule has 1 aliphatic rings. The van der Waals surface area contributed by atoms with Crippen LogP contribution in [0, 0.1) is 19.8 Å². The van der Waals surface area contributed by atoms with Gasteiger partial charge in [-0.15, -0.1) is 0 Å². The molecule has 0 aliphatic heterocycles. The summed E-state index contributed by atoms with van der Waals surface area (Å²) in [5.74, 6) is 0.650. The Bertz CT molecular complexity index is 644. The Hall–Kier alpha value is -1.49. The third-order valence-electron chi connectivity index (χ3n) is 3.87. The van der Waals surface area contributed by atoms with E-state index in [1.54, 1.807) is 0 Å². The van der Waals surface area contributed by atoms with E-state index >= 15 is 0 Å². The number of amides is 1. The molecule has 0 unspecified atom stereocenters. The van der Waals surface area contributed by atoms with Gasteiger partial charge in [-0.2, -0.15) is 4.98 Å². The summed E-state index contributed by atoms with van der Waals surface area (Å²) in [6.45, 7) is 4.02. The summed E-state index contributed by atoms with van der Waals surface area (Å²) >= 11 is 1.51. The Morgan fingerprint density at radius 2 is 2.10 bits per heavy atom. The average molecular weight is 289 g/mol. The minimum absolute atomic E-state index is 0.0883. The van der Waals surface area contributed by atoms with Gasteiger partial charge in [0, 0.05) is 12.1 Å². The van der Waals surface area contributed by atoms with Crippen LogP contribution in [0.4, 0.5) is 5.13 Å². The largest absolute Gasteiger partial charge is 0.302 e. The van der Waals surface area contributed by atoms with E-state index < -0.39 is 0 Å². The molecular formula is C15H19N3OS. The molecule has 4 nitrogen and oxygen atoms in total. The van der Waals surface area contributed by atoms with E-state index in [1.165, 1.54) is 42.6 Å². The fourth-order valence-corrected chi connectivity index (χ4v) is 3.82. The molecule has 20 heavy (non-hydrogen) atoms. The summed E-state index contributed by atoms with van der Waals surface area (Å²) < 4.78 is 1.06. The first kappa shape index (κ1) is 13.5. The lowest BCUT2D eigenvalue weighted by molar-refractivity contribution is -0.117. The van der Waals surface area contributed by atoms with E-state index in [0.717, 1.165) is 16.0 Å². The summed E-state index contributed by atoms with van der Waals surface area (Å²) in [5.41, 5.74) is 2.87. The Labute approximate surface area is 122 Å². The van der Waals surface area contributed by atoms with Crippen LogP contribution in [-0.2, 0) is 4.79 Å². The number of aromatic nitrogens is 2. The Balaban J connectivity index is 1.73. The van der Waals surface area contributed by atoms with E-state index in [9.17, 15) is 4.79 Å². The van der Waals surface area contributed by atoms with Crippen LogP contribution in [0.15, 0.2) is 6.07 Å². The zero-order chi connectivity index (χ0) is 14.1. The molecule has 5 heteroatoms. The molecule has 0 atom stereocenters. The van der Waals surface area contributed by atoms with Gasteiger partial charge in [-0.3, -0.25) is 4.79 Å². The number of thiazole rings is 1. The summed E-state index contributed by atoms with van der Waals surface area (Å²) in [6, 6.07) is 2.05. The highest BCUT2D eigenvalue weighted by molar-refractivity contribution is 7.22. The quantitative estimate of drug-likeness (QED) is 0.934. The summed E-state index contributed by atoms with van der Waals surface area (Å²) in [6.07, 6.45) is 5.53. The van der Waals surface area contributed by atoms with Crippen molar-refractivity contribution < 1.29 is 4.79 Å². The fourth-order valence-electron chi connectivity index (χ4n) is 2.92. The molecular weight excluding hydrogens is 270 g/mol. The Morgan fingerprint density at radius 1 is 1.35 bits per heavy atom. The molecule has 2 heterocycles. The van der Waals surface area contributed by atoms with E-state index in [-0.39, 0.29) is 5.91 Å². The summed E-state index contributed by atoms with van der Waals surface area (Å²) in [5, 5.41) is 3.60. The molecule has 0 spiro atoms. The lowest BCUT2D eigenvalue weighted by Crippen LogP contribution is -2.14. The van der Waals surface area contributed by atoms with E-state index in [2.05, 4.69) is 22.2 Å². The van der Waals surface area contributed by atoms with E-state index in [1.807, 2.05) is 13.0 Å². The van der Waals surface area contributed by atoms with Crippen molar-refractivity contribution in [2.75, 3.05) is 5.32 Å². The van der Waals surface area contributed by atoms with Gasteiger partial charge in [0.05, 0.1) is 4.70 Å². The van der Waals surface area contributed by atoms with Crippen molar-refractivity contribution in [1.29, 1.82) is 0 Å². The number of fused-ring (bicyclic) bond motifs is 1. The normalized spacial score (nSPS) is 15.9. The van der Waals surface area contributed by atoms with Gasteiger partial charge < -0.3 is 5.32 Å². The van der Waals surface area contributed by atoms with Crippen LogP contribution in [0.2, 0.25) is 0 Å². The lowest BCUT2D eigenvalue weighted by Gasteiger charge is -2.07. The number of anilines is 1. The predicted molar refractivity (Wildman–Crippen MR) is 82.1 cm³/mol. The van der Waals surface area contributed by atoms with E-state index in [0.29, 0.717) is 17.5 Å². The monoisotopic (exact) mass is 289 g/mol. The summed E-state index contributed by atoms with van der Waals surface area (Å²) in [4.78, 5) is 20.9. The highest BCUT2D eigenvalue weighted by atomic mass is 32.1. The molecule has 2 aromatic rings. The highest BCUT2D eigenvalue weighted by Gasteiger charge is 2.19. The predicted octanol–water partition coefficient (Wildman–Crippen LogP) is 3.83. The molecule has 1 fully saturated rings. The number of hydrogen-bond donors (Lipinski definition) is 1. The number of nitrogens with zero attached hydrogens (tertiary/aromatic N) is 2. The Kier molecular flexibility index (Phi) is 3.70. The molecule has 0 radical (unpaired) electrons. The number of pyridine rings is 1. The van der Waals surface area contributed by atoms with Crippen molar-refractivity contribution in [2.45, 2.75) is 46.0 Å². The van der Waals surface area contributed by atoms with Crippen LogP contribution in [0.5, 0.6) is 0 Å². The van der Waals surface area contributed by atoms with Crippen molar-refractivity contribution in [2.24, 2.45) is 5.92 Å². The number of nitrogens with one attached hydrogen (secondary N) is 1. The van der Waals surface area contributed by atoms with Gasteiger partial charge in [0.25, 0.3) is 0 Å². The van der Waals surface area contributed by atoms with Gasteiger partial charge in [-0.05, 0) is 44.2 Å². The Morgan fingerprint density at radius 3 is 2.85 bits per heavy atom. The number of carbonyl (C=O) groups excluding carboxylic acids is 1. The van der Waals surface area contributed by atoms with Crippen molar-refractivity contribution in [3.05, 3.63) is 17.3 Å². The number of aryl methyl sites for hydroxylation is 2. The van der Waals surface area contributed by atoms with Crippen LogP contribution >= 0.6 is 11.3 Å². The average Bonchev–Trinajstić information content (AvgIpc) is 2.98. The number of rotatable bonds is 3. The smallest absolute Gasteiger partial charge is 0.226 e. The van der Waals surface area contributed by atoms with Gasteiger partial charge in [-0.1, -0.05) is 24.2 Å². The van der Waals surface area contributed by atoms with Crippen LogP contribution < -0.4 is 5.32 Å². The third-order valence-corrected chi connectivity index (χ3v) is 4.97. The zero-order valence-corrected chi connectivity index (χ0v) is 12.7. The SMILES string of the molecule is Cc1cc(C)c2sc(NC(=O)CC3CCCC3)nc2n1. The topological polar surface area (TPSA) is 54.9 Å². The minimum atomic E-state index is 0.0883. The van der Waals surface area contributed by atoms with Gasteiger partial charge in [0.2, 0.25) is 5.91 Å². The third kappa shape index (κ3) is 2.82. The molecule has 106 valence electrons. The molecule has 0 bridgehead atoms. The highest BCUT2D eigenvalue weighted by Crippen LogP contribution is 2.30. The molecule has 1 amide bonds. The fraction of sp³-hybridized carbons (Fsp3) is 0.533. The van der Waals surface area contributed by atoms with Crippen molar-refractivity contribution in [3.63, 3.8) is 0 Å². The second-order valence-corrected chi connectivity index (χ2v) is 6.65. The maximum atomic E-state index is 12.0. The molecule has 1 saturated carbocycles. The number of carbonyl (C=O) groups is 1. The first-order valence-corrected chi connectivity index (χ1v) is 7.98. The summed E-state index contributed by atoms with van der Waals surface area (Å²) in [7, 11) is 0. The maximum Gasteiger partial charge on any atom is 0.226 e. The molecule has 1 aliphatic carbocycles.